The summed E-state index contributed by atoms with van der Waals surface area (Å²) >= 11 is 0. The Bertz CT molecular complexity index is 476. The molecule has 1 saturated heterocycles. The van der Waals surface area contributed by atoms with Crippen LogP contribution in [0, 0.1) is 0 Å². The van der Waals surface area contributed by atoms with Crippen molar-refractivity contribution in [1.29, 1.82) is 0 Å². The van der Waals surface area contributed by atoms with Crippen molar-refractivity contribution < 1.29 is 4.74 Å². The minimum Gasteiger partial charge on any atom is -0.365 e. The Labute approximate surface area is 86.5 Å². The lowest BCUT2D eigenvalue weighted by molar-refractivity contribution is 0.329. The van der Waals surface area contributed by atoms with E-state index in [9.17, 15) is 0 Å². The summed E-state index contributed by atoms with van der Waals surface area (Å²) in [6, 6.07) is 8.03. The zero-order chi connectivity index (χ0) is 10.3. The van der Waals surface area contributed by atoms with Crippen molar-refractivity contribution in [3.05, 3.63) is 29.8 Å². The standard InChI is InChI=1S/C10H10N4O/c1-10(6-15-10)8-4-2-3-7(5-8)9-11-13-14-12-9/h2-5H,6H2,1H3,(H,11,12,13,14). The summed E-state index contributed by atoms with van der Waals surface area (Å²) in [7, 11) is 0. The number of aromatic nitrogens is 4. The Kier molecular flexibility index (Phi) is 1.63. The zero-order valence-corrected chi connectivity index (χ0v) is 8.27. The Morgan fingerprint density at radius 2 is 2.33 bits per heavy atom. The predicted molar refractivity (Wildman–Crippen MR) is 52.9 cm³/mol. The first-order valence-electron chi connectivity index (χ1n) is 4.76. The van der Waals surface area contributed by atoms with Crippen LogP contribution >= 0.6 is 0 Å². The number of epoxide rings is 1. The maximum Gasteiger partial charge on any atom is 0.204 e. The fraction of sp³-hybridized carbons (Fsp3) is 0.300. The predicted octanol–water partition coefficient (Wildman–Crippen LogP) is 1.11. The molecule has 1 atom stereocenters. The van der Waals surface area contributed by atoms with E-state index in [1.807, 2.05) is 18.2 Å². The minimum atomic E-state index is -0.111. The van der Waals surface area contributed by atoms with E-state index >= 15 is 0 Å². The van der Waals surface area contributed by atoms with Gasteiger partial charge in [-0.1, -0.05) is 18.2 Å². The van der Waals surface area contributed by atoms with E-state index in [1.54, 1.807) is 0 Å². The summed E-state index contributed by atoms with van der Waals surface area (Å²) in [6.45, 7) is 2.85. The quantitative estimate of drug-likeness (QED) is 0.741. The molecular formula is C10H10N4O. The van der Waals surface area contributed by atoms with E-state index in [2.05, 4.69) is 33.6 Å². The average molecular weight is 202 g/mol. The van der Waals surface area contributed by atoms with Crippen molar-refractivity contribution in [1.82, 2.24) is 20.6 Å². The maximum atomic E-state index is 5.39. The number of hydrogen-bond donors (Lipinski definition) is 1. The SMILES string of the molecule is CC1(c2cccc(-c3nn[nH]n3)c2)CO1. The molecule has 0 spiro atoms. The van der Waals surface area contributed by atoms with Gasteiger partial charge >= 0.3 is 0 Å². The van der Waals surface area contributed by atoms with Crippen LogP contribution in [0.15, 0.2) is 24.3 Å². The second-order valence-corrected chi connectivity index (χ2v) is 3.84. The molecule has 5 nitrogen and oxygen atoms in total. The summed E-state index contributed by atoms with van der Waals surface area (Å²) in [4.78, 5) is 0. The van der Waals surface area contributed by atoms with Crippen LogP contribution in [-0.2, 0) is 10.3 Å². The molecule has 1 fully saturated rings. The molecule has 1 aromatic carbocycles. The average Bonchev–Trinajstić information content (AvgIpc) is 2.84. The third-order valence-corrected chi connectivity index (χ3v) is 2.65. The number of aromatic amines is 1. The third kappa shape index (κ3) is 1.41. The molecule has 1 aliphatic heterocycles. The highest BCUT2D eigenvalue weighted by molar-refractivity contribution is 5.55. The van der Waals surface area contributed by atoms with Gasteiger partial charge in [-0.05, 0) is 23.8 Å². The molecular weight excluding hydrogens is 192 g/mol. The van der Waals surface area contributed by atoms with Crippen LogP contribution in [-0.4, -0.2) is 27.2 Å². The topological polar surface area (TPSA) is 67.0 Å². The molecule has 0 bridgehead atoms. The van der Waals surface area contributed by atoms with Crippen LogP contribution in [0.25, 0.3) is 11.4 Å². The van der Waals surface area contributed by atoms with Crippen molar-refractivity contribution in [3.8, 4) is 11.4 Å². The first-order chi connectivity index (χ1) is 7.28. The lowest BCUT2D eigenvalue weighted by atomic mass is 10.00. The van der Waals surface area contributed by atoms with Crippen molar-refractivity contribution in [3.63, 3.8) is 0 Å². The highest BCUT2D eigenvalue weighted by Crippen LogP contribution is 2.38. The number of hydrogen-bond acceptors (Lipinski definition) is 4. The highest BCUT2D eigenvalue weighted by atomic mass is 16.6. The van der Waals surface area contributed by atoms with Gasteiger partial charge in [0.1, 0.15) is 5.60 Å². The number of ether oxygens (including phenoxy) is 1. The number of benzene rings is 1. The molecule has 1 unspecified atom stereocenters. The monoisotopic (exact) mass is 202 g/mol. The van der Waals surface area contributed by atoms with Crippen LogP contribution in [0.3, 0.4) is 0 Å². The second kappa shape index (κ2) is 2.87. The maximum absolute atomic E-state index is 5.39. The zero-order valence-electron chi connectivity index (χ0n) is 8.27. The number of nitrogens with zero attached hydrogens (tertiary/aromatic N) is 3. The summed E-state index contributed by atoms with van der Waals surface area (Å²) in [5, 5.41) is 13.9. The molecule has 0 amide bonds. The lowest BCUT2D eigenvalue weighted by Gasteiger charge is -2.05. The normalized spacial score (nSPS) is 24.1. The molecule has 0 saturated carbocycles. The molecule has 15 heavy (non-hydrogen) atoms. The van der Waals surface area contributed by atoms with E-state index in [4.69, 9.17) is 4.74 Å². The van der Waals surface area contributed by atoms with E-state index < -0.39 is 0 Å². The van der Waals surface area contributed by atoms with Gasteiger partial charge in [0.15, 0.2) is 0 Å². The summed E-state index contributed by atoms with van der Waals surface area (Å²) in [6.07, 6.45) is 0. The lowest BCUT2D eigenvalue weighted by Crippen LogP contribution is -2.01. The van der Waals surface area contributed by atoms with Crippen LogP contribution in [0.2, 0.25) is 0 Å². The van der Waals surface area contributed by atoms with E-state index in [-0.39, 0.29) is 5.60 Å². The summed E-state index contributed by atoms with van der Waals surface area (Å²) < 4.78 is 5.39. The first kappa shape index (κ1) is 8.55. The van der Waals surface area contributed by atoms with Crippen molar-refractivity contribution in [2.24, 2.45) is 0 Å². The summed E-state index contributed by atoms with van der Waals surface area (Å²) in [5.74, 6) is 0.612. The van der Waals surface area contributed by atoms with Gasteiger partial charge in [-0.2, -0.15) is 5.21 Å². The van der Waals surface area contributed by atoms with Gasteiger partial charge in [-0.15, -0.1) is 10.2 Å². The Morgan fingerprint density at radius 3 is 3.00 bits per heavy atom. The van der Waals surface area contributed by atoms with Crippen LogP contribution in [0.5, 0.6) is 0 Å². The summed E-state index contributed by atoms with van der Waals surface area (Å²) in [5.41, 5.74) is 2.00. The van der Waals surface area contributed by atoms with Gasteiger partial charge in [0.05, 0.1) is 6.61 Å². The molecule has 0 aliphatic carbocycles. The molecule has 1 aliphatic rings. The Hall–Kier alpha value is -1.75. The van der Waals surface area contributed by atoms with Gasteiger partial charge in [0.2, 0.25) is 5.82 Å². The Balaban J connectivity index is 2.04. The largest absolute Gasteiger partial charge is 0.365 e. The third-order valence-electron chi connectivity index (χ3n) is 2.65. The second-order valence-electron chi connectivity index (χ2n) is 3.84. The minimum absolute atomic E-state index is 0.111. The molecule has 1 N–H and O–H groups in total. The van der Waals surface area contributed by atoms with Crippen LogP contribution in [0.4, 0.5) is 0 Å². The van der Waals surface area contributed by atoms with Gasteiger partial charge in [0.25, 0.3) is 0 Å². The molecule has 2 aromatic rings. The van der Waals surface area contributed by atoms with Crippen molar-refractivity contribution in [2.45, 2.75) is 12.5 Å². The van der Waals surface area contributed by atoms with Crippen molar-refractivity contribution in [2.75, 3.05) is 6.61 Å². The van der Waals surface area contributed by atoms with Gasteiger partial charge in [-0.25, -0.2) is 0 Å². The van der Waals surface area contributed by atoms with Crippen molar-refractivity contribution >= 4 is 0 Å². The van der Waals surface area contributed by atoms with E-state index in [1.165, 1.54) is 0 Å². The van der Waals surface area contributed by atoms with E-state index in [0.717, 1.165) is 17.7 Å². The van der Waals surface area contributed by atoms with Gasteiger partial charge in [0, 0.05) is 5.56 Å². The molecule has 76 valence electrons. The fourth-order valence-corrected chi connectivity index (χ4v) is 1.55. The molecule has 1 aromatic heterocycles. The van der Waals surface area contributed by atoms with E-state index in [0.29, 0.717) is 5.82 Å². The van der Waals surface area contributed by atoms with Crippen LogP contribution < -0.4 is 0 Å². The number of rotatable bonds is 2. The van der Waals surface area contributed by atoms with Gasteiger partial charge < -0.3 is 4.74 Å². The number of nitrogens with one attached hydrogen (secondary N) is 1. The molecule has 2 heterocycles. The highest BCUT2D eigenvalue weighted by Gasteiger charge is 2.41. The van der Waals surface area contributed by atoms with Crippen LogP contribution in [0.1, 0.15) is 12.5 Å². The number of H-pyrrole nitrogens is 1. The molecule has 5 heteroatoms. The smallest absolute Gasteiger partial charge is 0.204 e. The fourth-order valence-electron chi connectivity index (χ4n) is 1.55. The Morgan fingerprint density at radius 1 is 1.47 bits per heavy atom. The molecule has 0 radical (unpaired) electrons. The number of tetrazole rings is 1. The first-order valence-corrected chi connectivity index (χ1v) is 4.76. The molecule has 3 rings (SSSR count). The van der Waals surface area contributed by atoms with Gasteiger partial charge in [-0.3, -0.25) is 0 Å².